The molecule has 0 bridgehead atoms. The Labute approximate surface area is 220 Å². The molecule has 0 saturated carbocycles. The van der Waals surface area contributed by atoms with E-state index in [1.54, 1.807) is 10.6 Å². The summed E-state index contributed by atoms with van der Waals surface area (Å²) in [7, 11) is -7.51. The van der Waals surface area contributed by atoms with E-state index in [9.17, 15) is 21.6 Å². The predicted molar refractivity (Wildman–Crippen MR) is 141 cm³/mol. The lowest BCUT2D eigenvalue weighted by molar-refractivity contribution is 0.0996. The van der Waals surface area contributed by atoms with E-state index in [0.717, 1.165) is 24.2 Å². The number of rotatable bonds is 8. The summed E-state index contributed by atoms with van der Waals surface area (Å²) in [6.07, 6.45) is 1.65. The fourth-order valence-electron chi connectivity index (χ4n) is 4.13. The Morgan fingerprint density at radius 3 is 2.35 bits per heavy atom. The van der Waals surface area contributed by atoms with Gasteiger partial charge in [-0.3, -0.25) is 4.79 Å². The maximum absolute atomic E-state index is 13.0. The van der Waals surface area contributed by atoms with Crippen LogP contribution in [0.15, 0.2) is 57.2 Å². The predicted octanol–water partition coefficient (Wildman–Crippen LogP) is 2.55. The summed E-state index contributed by atoms with van der Waals surface area (Å²) in [6, 6.07) is 10.3. The van der Waals surface area contributed by atoms with Crippen molar-refractivity contribution in [3.8, 4) is 0 Å². The number of nitrogens with zero attached hydrogens (tertiary/aromatic N) is 3. The van der Waals surface area contributed by atoms with Crippen LogP contribution < -0.4 is 9.94 Å². The molecule has 10 nitrogen and oxygen atoms in total. The Kier molecular flexibility index (Phi) is 8.31. The average molecular weight is 567 g/mol. The molecule has 37 heavy (non-hydrogen) atoms. The molecular formula is C24H30N4O6S3. The van der Waals surface area contributed by atoms with Gasteiger partial charge < -0.3 is 9.30 Å². The number of ether oxygens (including phenoxy) is 1. The Hall–Kier alpha value is -2.42. The number of sulfonamides is 2. The molecule has 200 valence electrons. The van der Waals surface area contributed by atoms with Crippen molar-refractivity contribution in [2.24, 2.45) is 16.0 Å². The summed E-state index contributed by atoms with van der Waals surface area (Å²) >= 11 is 1.16. The number of nitrogens with two attached hydrogens (primary N) is 1. The summed E-state index contributed by atoms with van der Waals surface area (Å²) in [5, 5.41) is 5.27. The third-order valence-corrected chi connectivity index (χ3v) is 10.2. The Morgan fingerprint density at radius 1 is 1.08 bits per heavy atom. The Balaban J connectivity index is 1.65. The molecular weight excluding hydrogens is 536 g/mol. The number of aromatic nitrogens is 1. The van der Waals surface area contributed by atoms with Crippen LogP contribution in [-0.4, -0.2) is 57.9 Å². The SMILES string of the molecule is CCOCCn1c(=NC(=O)c2ccc(S(=O)(=O)N3CCC(C)CC3)cc2)sc2cc(S(N)(=O)=O)ccc21. The summed E-state index contributed by atoms with van der Waals surface area (Å²) in [6.45, 7) is 6.27. The van der Waals surface area contributed by atoms with Gasteiger partial charge >= 0.3 is 0 Å². The standard InChI is InChI=1S/C24H30N4O6S3/c1-3-34-15-14-28-21-9-8-20(36(25,30)31)16-22(21)35-24(28)26-23(29)18-4-6-19(7-5-18)37(32,33)27-12-10-17(2)11-13-27/h4-9,16-17H,3,10-15H2,1-2H3,(H2,25,30,31). The van der Waals surface area contributed by atoms with E-state index in [-0.39, 0.29) is 15.4 Å². The normalized spacial score (nSPS) is 16.5. The van der Waals surface area contributed by atoms with Gasteiger partial charge in [0, 0.05) is 31.8 Å². The first-order valence-electron chi connectivity index (χ1n) is 11.9. The lowest BCUT2D eigenvalue weighted by atomic mass is 10.0. The summed E-state index contributed by atoms with van der Waals surface area (Å²) < 4.78 is 58.9. The number of amides is 1. The van der Waals surface area contributed by atoms with Gasteiger partial charge in [-0.25, -0.2) is 22.0 Å². The van der Waals surface area contributed by atoms with E-state index >= 15 is 0 Å². The second-order valence-corrected chi connectivity index (χ2v) is 13.4. The summed E-state index contributed by atoms with van der Waals surface area (Å²) in [5.41, 5.74) is 0.936. The molecule has 1 aromatic heterocycles. The topological polar surface area (TPSA) is 141 Å². The molecule has 0 atom stereocenters. The van der Waals surface area contributed by atoms with Gasteiger partial charge in [-0.05, 0) is 68.1 Å². The zero-order valence-corrected chi connectivity index (χ0v) is 23.1. The number of benzene rings is 2. The molecule has 2 aromatic carbocycles. The number of piperidine rings is 1. The van der Waals surface area contributed by atoms with Crippen LogP contribution in [0, 0.1) is 5.92 Å². The van der Waals surface area contributed by atoms with Crippen LogP contribution in [0.5, 0.6) is 0 Å². The van der Waals surface area contributed by atoms with E-state index in [0.29, 0.717) is 53.8 Å². The van der Waals surface area contributed by atoms with E-state index < -0.39 is 26.0 Å². The Bertz CT molecular complexity index is 1570. The third-order valence-electron chi connectivity index (χ3n) is 6.32. The van der Waals surface area contributed by atoms with Gasteiger partial charge in [0.1, 0.15) is 0 Å². The molecule has 2 N–H and O–H groups in total. The Morgan fingerprint density at radius 2 is 1.73 bits per heavy atom. The van der Waals surface area contributed by atoms with Crippen LogP contribution in [0.4, 0.5) is 0 Å². The molecule has 4 rings (SSSR count). The highest BCUT2D eigenvalue weighted by molar-refractivity contribution is 7.89. The van der Waals surface area contributed by atoms with Crippen molar-refractivity contribution < 1.29 is 26.4 Å². The van der Waals surface area contributed by atoms with Gasteiger partial charge in [-0.15, -0.1) is 0 Å². The van der Waals surface area contributed by atoms with E-state index in [2.05, 4.69) is 11.9 Å². The first kappa shape index (κ1) is 27.6. The van der Waals surface area contributed by atoms with E-state index in [4.69, 9.17) is 9.88 Å². The first-order chi connectivity index (χ1) is 17.5. The van der Waals surface area contributed by atoms with Gasteiger partial charge in [0.2, 0.25) is 20.0 Å². The van der Waals surface area contributed by atoms with Crippen molar-refractivity contribution in [3.63, 3.8) is 0 Å². The highest BCUT2D eigenvalue weighted by atomic mass is 32.2. The average Bonchev–Trinajstić information content (AvgIpc) is 3.20. The van der Waals surface area contributed by atoms with Crippen LogP contribution in [0.1, 0.15) is 37.0 Å². The smallest absolute Gasteiger partial charge is 0.279 e. The second kappa shape index (κ2) is 11.1. The highest BCUT2D eigenvalue weighted by Gasteiger charge is 2.28. The van der Waals surface area contributed by atoms with Crippen molar-refractivity contribution in [1.82, 2.24) is 8.87 Å². The number of carbonyl (C=O) groups excluding carboxylic acids is 1. The first-order valence-corrected chi connectivity index (χ1v) is 15.7. The molecule has 1 amide bonds. The van der Waals surface area contributed by atoms with Crippen LogP contribution in [0.2, 0.25) is 0 Å². The van der Waals surface area contributed by atoms with Crippen LogP contribution in [-0.2, 0) is 31.3 Å². The minimum absolute atomic E-state index is 0.0314. The lowest BCUT2D eigenvalue weighted by Crippen LogP contribution is -2.37. The number of thiazole rings is 1. The van der Waals surface area contributed by atoms with Gasteiger partial charge in [0.15, 0.2) is 4.80 Å². The minimum Gasteiger partial charge on any atom is -0.380 e. The monoisotopic (exact) mass is 566 g/mol. The van der Waals surface area contributed by atoms with Gasteiger partial charge in [0.05, 0.1) is 26.6 Å². The molecule has 1 saturated heterocycles. The minimum atomic E-state index is -3.89. The number of carbonyl (C=O) groups is 1. The molecule has 1 aliphatic heterocycles. The van der Waals surface area contributed by atoms with Crippen LogP contribution >= 0.6 is 11.3 Å². The zero-order valence-electron chi connectivity index (χ0n) is 20.7. The maximum Gasteiger partial charge on any atom is 0.279 e. The number of hydrogen-bond donors (Lipinski definition) is 1. The van der Waals surface area contributed by atoms with Crippen molar-refractivity contribution >= 4 is 47.5 Å². The molecule has 3 aromatic rings. The summed E-state index contributed by atoms with van der Waals surface area (Å²) in [5.74, 6) is -0.0383. The van der Waals surface area contributed by atoms with E-state index in [1.165, 1.54) is 40.7 Å². The fourth-order valence-corrected chi connectivity index (χ4v) is 7.31. The molecule has 0 spiro atoms. The molecule has 13 heteroatoms. The number of primary sulfonamides is 1. The number of fused-ring (bicyclic) bond motifs is 1. The fraction of sp³-hybridized carbons (Fsp3) is 0.417. The van der Waals surface area contributed by atoms with Crippen molar-refractivity contribution in [1.29, 1.82) is 0 Å². The second-order valence-electron chi connectivity index (χ2n) is 8.94. The van der Waals surface area contributed by atoms with Crippen LogP contribution in [0.25, 0.3) is 10.2 Å². The van der Waals surface area contributed by atoms with Gasteiger partial charge in [-0.2, -0.15) is 9.30 Å². The molecule has 1 fully saturated rings. The zero-order chi connectivity index (χ0) is 26.8. The van der Waals surface area contributed by atoms with Crippen LogP contribution in [0.3, 0.4) is 0 Å². The van der Waals surface area contributed by atoms with Gasteiger partial charge in [0.25, 0.3) is 5.91 Å². The molecule has 0 radical (unpaired) electrons. The van der Waals surface area contributed by atoms with Gasteiger partial charge in [-0.1, -0.05) is 18.3 Å². The summed E-state index contributed by atoms with van der Waals surface area (Å²) in [4.78, 5) is 17.8. The third kappa shape index (κ3) is 6.19. The number of hydrogen-bond acceptors (Lipinski definition) is 7. The quantitative estimate of drug-likeness (QED) is 0.416. The highest BCUT2D eigenvalue weighted by Crippen LogP contribution is 2.24. The largest absolute Gasteiger partial charge is 0.380 e. The molecule has 0 aliphatic carbocycles. The molecule has 1 aliphatic rings. The maximum atomic E-state index is 13.0. The lowest BCUT2D eigenvalue weighted by Gasteiger charge is -2.29. The van der Waals surface area contributed by atoms with E-state index in [1.807, 2.05) is 6.92 Å². The van der Waals surface area contributed by atoms with Crippen molar-refractivity contribution in [3.05, 3.63) is 52.8 Å². The van der Waals surface area contributed by atoms with Crippen molar-refractivity contribution in [2.75, 3.05) is 26.3 Å². The molecule has 2 heterocycles. The molecule has 0 unspecified atom stereocenters. The van der Waals surface area contributed by atoms with Crippen molar-refractivity contribution in [2.45, 2.75) is 43.0 Å².